The van der Waals surface area contributed by atoms with E-state index in [0.29, 0.717) is 18.9 Å². The molecule has 1 fully saturated rings. The first-order valence-corrected chi connectivity index (χ1v) is 10.6. The van der Waals surface area contributed by atoms with E-state index in [0.717, 1.165) is 56.0 Å². The zero-order valence-corrected chi connectivity index (χ0v) is 17.5. The zero-order chi connectivity index (χ0) is 20.5. The van der Waals surface area contributed by atoms with Gasteiger partial charge in [-0.25, -0.2) is 0 Å². The van der Waals surface area contributed by atoms with Crippen molar-refractivity contribution in [3.8, 4) is 5.75 Å². The summed E-state index contributed by atoms with van der Waals surface area (Å²) in [6.07, 6.45) is 4.73. The van der Waals surface area contributed by atoms with Crippen molar-refractivity contribution in [3.05, 3.63) is 54.1 Å². The third-order valence-electron chi connectivity index (χ3n) is 5.26. The molecule has 5 heteroatoms. The average molecular weight is 397 g/mol. The summed E-state index contributed by atoms with van der Waals surface area (Å²) >= 11 is 0. The van der Waals surface area contributed by atoms with E-state index in [9.17, 15) is 4.79 Å². The molecule has 1 aliphatic heterocycles. The number of carbonyl (C=O) groups excluding carboxylic acids is 1. The van der Waals surface area contributed by atoms with Crippen LogP contribution in [0.5, 0.6) is 5.75 Å². The van der Waals surface area contributed by atoms with Gasteiger partial charge in [-0.15, -0.1) is 0 Å². The van der Waals surface area contributed by atoms with Crippen LogP contribution in [0.4, 0.5) is 11.4 Å². The van der Waals surface area contributed by atoms with E-state index in [2.05, 4.69) is 29.3 Å². The Labute approximate surface area is 174 Å². The van der Waals surface area contributed by atoms with Gasteiger partial charge in [0.2, 0.25) is 5.91 Å². The Morgan fingerprint density at radius 1 is 1.14 bits per heavy atom. The second-order valence-corrected chi connectivity index (χ2v) is 7.53. The topological polar surface area (TPSA) is 50.8 Å². The van der Waals surface area contributed by atoms with Crippen molar-refractivity contribution in [3.63, 3.8) is 0 Å². The molecule has 1 N–H and O–H groups in total. The Bertz CT molecular complexity index is 759. The van der Waals surface area contributed by atoms with E-state index in [1.807, 2.05) is 36.4 Å². The summed E-state index contributed by atoms with van der Waals surface area (Å²) in [4.78, 5) is 14.6. The van der Waals surface area contributed by atoms with Gasteiger partial charge >= 0.3 is 0 Å². The van der Waals surface area contributed by atoms with E-state index >= 15 is 0 Å². The van der Waals surface area contributed by atoms with Gasteiger partial charge in [-0.05, 0) is 67.6 Å². The molecule has 3 rings (SSSR count). The van der Waals surface area contributed by atoms with Crippen LogP contribution in [0.25, 0.3) is 0 Å². The summed E-state index contributed by atoms with van der Waals surface area (Å²) in [7, 11) is 1.78. The van der Waals surface area contributed by atoms with Gasteiger partial charge in [0, 0.05) is 38.0 Å². The van der Waals surface area contributed by atoms with Gasteiger partial charge < -0.3 is 19.7 Å². The predicted molar refractivity (Wildman–Crippen MR) is 118 cm³/mol. The molecule has 1 amide bonds. The molecule has 0 aliphatic carbocycles. The number of piperidine rings is 1. The molecule has 0 spiro atoms. The van der Waals surface area contributed by atoms with Crippen LogP contribution in [0.1, 0.15) is 38.2 Å². The smallest absolute Gasteiger partial charge is 0.224 e. The molecule has 1 unspecified atom stereocenters. The van der Waals surface area contributed by atoms with Crippen molar-refractivity contribution in [1.82, 2.24) is 0 Å². The van der Waals surface area contributed by atoms with E-state index < -0.39 is 0 Å². The Morgan fingerprint density at radius 2 is 1.90 bits per heavy atom. The number of nitrogens with zero attached hydrogens (tertiary/aromatic N) is 1. The number of carbonyl (C=O) groups is 1. The van der Waals surface area contributed by atoms with Crippen molar-refractivity contribution in [2.75, 3.05) is 37.0 Å². The number of rotatable bonds is 9. The van der Waals surface area contributed by atoms with Crippen LogP contribution in [0.15, 0.2) is 48.5 Å². The van der Waals surface area contributed by atoms with Crippen LogP contribution in [-0.4, -0.2) is 38.8 Å². The first kappa shape index (κ1) is 21.2. The summed E-state index contributed by atoms with van der Waals surface area (Å²) in [5.41, 5.74) is 3.15. The Kier molecular flexibility index (Phi) is 7.94. The van der Waals surface area contributed by atoms with Gasteiger partial charge in [0.05, 0.1) is 12.7 Å². The number of aryl methyl sites for hydroxylation is 1. The van der Waals surface area contributed by atoms with E-state index in [-0.39, 0.29) is 5.91 Å². The molecule has 29 heavy (non-hydrogen) atoms. The van der Waals surface area contributed by atoms with Gasteiger partial charge in [-0.3, -0.25) is 4.79 Å². The number of ether oxygens (including phenoxy) is 2. The number of anilines is 2. The zero-order valence-electron chi connectivity index (χ0n) is 17.5. The maximum atomic E-state index is 12.3. The maximum absolute atomic E-state index is 12.3. The minimum Gasteiger partial charge on any atom is -0.494 e. The lowest BCUT2D eigenvalue weighted by Gasteiger charge is -2.33. The van der Waals surface area contributed by atoms with Gasteiger partial charge in [-0.2, -0.15) is 0 Å². The van der Waals surface area contributed by atoms with E-state index in [1.165, 1.54) is 5.69 Å². The van der Waals surface area contributed by atoms with Gasteiger partial charge in [0.15, 0.2) is 0 Å². The standard InChI is InChI=1S/C24H32N2O3/c1-3-17-29-22-13-6-19(7-14-22)8-15-24(27)25-20-9-11-21(12-10-20)26-16-4-5-23(18-26)28-2/h6-7,9-14,23H,3-5,8,15-18H2,1-2H3,(H,25,27). The van der Waals surface area contributed by atoms with Crippen molar-refractivity contribution in [2.24, 2.45) is 0 Å². The molecule has 0 bridgehead atoms. The number of hydrogen-bond donors (Lipinski definition) is 1. The van der Waals surface area contributed by atoms with E-state index in [1.54, 1.807) is 7.11 Å². The summed E-state index contributed by atoms with van der Waals surface area (Å²) in [5.74, 6) is 0.909. The molecule has 1 saturated heterocycles. The molecular weight excluding hydrogens is 364 g/mol. The molecule has 0 aromatic heterocycles. The number of nitrogens with one attached hydrogen (secondary N) is 1. The monoisotopic (exact) mass is 396 g/mol. The fourth-order valence-electron chi connectivity index (χ4n) is 3.57. The minimum absolute atomic E-state index is 0.0291. The third-order valence-corrected chi connectivity index (χ3v) is 5.26. The summed E-state index contributed by atoms with van der Waals surface area (Å²) in [6.45, 7) is 4.79. The largest absolute Gasteiger partial charge is 0.494 e. The van der Waals surface area contributed by atoms with Gasteiger partial charge in [0.25, 0.3) is 0 Å². The number of benzene rings is 2. The highest BCUT2D eigenvalue weighted by Crippen LogP contribution is 2.23. The van der Waals surface area contributed by atoms with Crippen LogP contribution in [0.3, 0.4) is 0 Å². The Morgan fingerprint density at radius 3 is 2.59 bits per heavy atom. The summed E-state index contributed by atoms with van der Waals surface area (Å²) in [5, 5.41) is 2.99. The van der Waals surface area contributed by atoms with Crippen molar-refractivity contribution >= 4 is 17.3 Å². The molecule has 1 aliphatic rings. The quantitative estimate of drug-likeness (QED) is 0.670. The van der Waals surface area contributed by atoms with Crippen LogP contribution in [0.2, 0.25) is 0 Å². The summed E-state index contributed by atoms with van der Waals surface area (Å²) < 4.78 is 11.1. The lowest BCUT2D eigenvalue weighted by molar-refractivity contribution is -0.116. The third kappa shape index (κ3) is 6.50. The Hall–Kier alpha value is -2.53. The molecule has 2 aromatic rings. The first-order chi connectivity index (χ1) is 14.2. The number of amides is 1. The highest BCUT2D eigenvalue weighted by atomic mass is 16.5. The normalized spacial score (nSPS) is 16.5. The van der Waals surface area contributed by atoms with Crippen molar-refractivity contribution < 1.29 is 14.3 Å². The first-order valence-electron chi connectivity index (χ1n) is 10.6. The van der Waals surface area contributed by atoms with Crippen molar-refractivity contribution in [2.45, 2.75) is 45.1 Å². The lowest BCUT2D eigenvalue weighted by Crippen LogP contribution is -2.39. The highest BCUT2D eigenvalue weighted by Gasteiger charge is 2.19. The molecule has 5 nitrogen and oxygen atoms in total. The molecule has 1 atom stereocenters. The fourth-order valence-corrected chi connectivity index (χ4v) is 3.57. The van der Waals surface area contributed by atoms with Crippen LogP contribution in [0, 0.1) is 0 Å². The molecule has 0 radical (unpaired) electrons. The average Bonchev–Trinajstić information content (AvgIpc) is 2.77. The summed E-state index contributed by atoms with van der Waals surface area (Å²) in [6, 6.07) is 16.1. The van der Waals surface area contributed by atoms with Crippen molar-refractivity contribution in [1.29, 1.82) is 0 Å². The molecule has 0 saturated carbocycles. The fraction of sp³-hybridized carbons (Fsp3) is 0.458. The van der Waals surface area contributed by atoms with Gasteiger partial charge in [0.1, 0.15) is 5.75 Å². The maximum Gasteiger partial charge on any atom is 0.224 e. The molecule has 1 heterocycles. The predicted octanol–water partition coefficient (Wildman–Crippen LogP) is 4.66. The number of methoxy groups -OCH3 is 1. The SMILES string of the molecule is CCCOc1ccc(CCC(=O)Nc2ccc(N3CCCC(OC)C3)cc2)cc1. The number of hydrogen-bond acceptors (Lipinski definition) is 4. The van der Waals surface area contributed by atoms with Crippen LogP contribution in [-0.2, 0) is 16.0 Å². The van der Waals surface area contributed by atoms with Crippen LogP contribution >= 0.6 is 0 Å². The van der Waals surface area contributed by atoms with Crippen LogP contribution < -0.4 is 15.0 Å². The Balaban J connectivity index is 1.45. The minimum atomic E-state index is 0.0291. The molecule has 2 aromatic carbocycles. The second kappa shape index (κ2) is 10.9. The molecule has 156 valence electrons. The lowest BCUT2D eigenvalue weighted by atomic mass is 10.1. The highest BCUT2D eigenvalue weighted by molar-refractivity contribution is 5.91. The van der Waals surface area contributed by atoms with Gasteiger partial charge in [-0.1, -0.05) is 19.1 Å². The van der Waals surface area contributed by atoms with E-state index in [4.69, 9.17) is 9.47 Å². The molecular formula is C24H32N2O3. The second-order valence-electron chi connectivity index (χ2n) is 7.53.